The van der Waals surface area contributed by atoms with Crippen LogP contribution in [-0.4, -0.2) is 32.4 Å². The van der Waals surface area contributed by atoms with E-state index in [1.807, 2.05) is 26.1 Å². The fourth-order valence-electron chi connectivity index (χ4n) is 3.28. The number of amides is 1. The highest BCUT2D eigenvalue weighted by Crippen LogP contribution is 2.25. The predicted molar refractivity (Wildman–Crippen MR) is 93.1 cm³/mol. The van der Waals surface area contributed by atoms with Gasteiger partial charge in [-0.2, -0.15) is 5.10 Å². The van der Waals surface area contributed by atoms with Gasteiger partial charge in [-0.1, -0.05) is 13.8 Å². The van der Waals surface area contributed by atoms with E-state index in [-0.39, 0.29) is 17.7 Å². The lowest BCUT2D eigenvalue weighted by molar-refractivity contribution is -0.118. The van der Waals surface area contributed by atoms with Gasteiger partial charge in [0.25, 0.3) is 5.91 Å². The zero-order chi connectivity index (χ0) is 18.1. The van der Waals surface area contributed by atoms with E-state index in [2.05, 4.69) is 18.9 Å². The minimum atomic E-state index is -0.135. The summed E-state index contributed by atoms with van der Waals surface area (Å²) in [6.07, 6.45) is 3.09. The Balaban J connectivity index is 1.96. The number of ketones is 1. The third-order valence-electron chi connectivity index (χ3n) is 5.12. The lowest BCUT2D eigenvalue weighted by Gasteiger charge is -2.31. The largest absolute Gasteiger partial charge is 0.467 e. The molecule has 0 saturated carbocycles. The number of aromatic nitrogens is 2. The van der Waals surface area contributed by atoms with Crippen molar-refractivity contribution in [3.05, 3.63) is 41.1 Å². The lowest BCUT2D eigenvalue weighted by atomic mass is 9.94. The maximum atomic E-state index is 13.3. The molecular weight excluding hydrogens is 318 g/mol. The van der Waals surface area contributed by atoms with Crippen LogP contribution >= 0.6 is 0 Å². The van der Waals surface area contributed by atoms with Crippen molar-refractivity contribution < 1.29 is 14.0 Å². The topological polar surface area (TPSA) is 68.3 Å². The summed E-state index contributed by atoms with van der Waals surface area (Å²) in [5.74, 6) is 1.06. The van der Waals surface area contributed by atoms with Gasteiger partial charge in [0, 0.05) is 37.2 Å². The summed E-state index contributed by atoms with van der Waals surface area (Å²) in [6, 6.07) is 3.71. The first-order valence-electron chi connectivity index (χ1n) is 8.78. The second-order valence-electron chi connectivity index (χ2n) is 7.11. The summed E-state index contributed by atoms with van der Waals surface area (Å²) >= 11 is 0. The highest BCUT2D eigenvalue weighted by atomic mass is 16.3. The van der Waals surface area contributed by atoms with Crippen molar-refractivity contribution >= 4 is 11.7 Å². The highest BCUT2D eigenvalue weighted by molar-refractivity contribution is 5.96. The monoisotopic (exact) mass is 343 g/mol. The van der Waals surface area contributed by atoms with Gasteiger partial charge in [0.1, 0.15) is 11.5 Å². The average Bonchev–Trinajstić information content (AvgIpc) is 3.19. The summed E-state index contributed by atoms with van der Waals surface area (Å²) in [5, 5.41) is 4.46. The molecular formula is C19H25N3O3. The van der Waals surface area contributed by atoms with E-state index in [0.29, 0.717) is 37.4 Å². The van der Waals surface area contributed by atoms with Gasteiger partial charge in [0.15, 0.2) is 5.69 Å². The Hall–Kier alpha value is -2.37. The summed E-state index contributed by atoms with van der Waals surface area (Å²) in [4.78, 5) is 27.0. The first-order valence-corrected chi connectivity index (χ1v) is 8.78. The first-order chi connectivity index (χ1) is 11.9. The Morgan fingerprint density at radius 1 is 1.36 bits per heavy atom. The normalized spacial score (nSPS) is 15.3. The standard InChI is InChI=1S/C19H25N3O3/c1-12(2)13(3)22(11-15-6-5-9-25-15)19(24)18-16-10-14(23)7-8-17(16)21(4)20-18/h5-6,9,12-13H,7-8,10-11H2,1-4H3. The van der Waals surface area contributed by atoms with Crippen molar-refractivity contribution in [2.24, 2.45) is 13.0 Å². The lowest BCUT2D eigenvalue weighted by Crippen LogP contribution is -2.41. The van der Waals surface area contributed by atoms with Crippen LogP contribution in [0, 0.1) is 5.92 Å². The molecule has 1 atom stereocenters. The summed E-state index contributed by atoms with van der Waals surface area (Å²) in [6.45, 7) is 6.60. The van der Waals surface area contributed by atoms with E-state index in [9.17, 15) is 9.59 Å². The van der Waals surface area contributed by atoms with Crippen molar-refractivity contribution in [1.82, 2.24) is 14.7 Å². The van der Waals surface area contributed by atoms with Crippen molar-refractivity contribution in [2.45, 2.75) is 52.6 Å². The summed E-state index contributed by atoms with van der Waals surface area (Å²) < 4.78 is 7.19. The van der Waals surface area contributed by atoms with E-state index >= 15 is 0 Å². The summed E-state index contributed by atoms with van der Waals surface area (Å²) in [7, 11) is 1.84. The number of Topliss-reactive ketones (excluding diaryl/α,β-unsaturated/α-hetero) is 1. The van der Waals surface area contributed by atoms with Crippen LogP contribution in [0.3, 0.4) is 0 Å². The molecule has 3 rings (SSSR count). The molecule has 2 heterocycles. The molecule has 0 fully saturated rings. The molecule has 1 unspecified atom stereocenters. The maximum Gasteiger partial charge on any atom is 0.275 e. The second kappa shape index (κ2) is 6.86. The number of nitrogens with zero attached hydrogens (tertiary/aromatic N) is 3. The molecule has 0 spiro atoms. The SMILES string of the molecule is CC(C)C(C)N(Cc1ccco1)C(=O)c1nn(C)c2c1CC(=O)CC2. The molecule has 2 aromatic heterocycles. The van der Waals surface area contributed by atoms with Crippen LogP contribution < -0.4 is 0 Å². The molecule has 1 aliphatic rings. The second-order valence-corrected chi connectivity index (χ2v) is 7.11. The smallest absolute Gasteiger partial charge is 0.275 e. The van der Waals surface area contributed by atoms with E-state index in [1.165, 1.54) is 0 Å². The molecule has 1 amide bonds. The molecule has 6 nitrogen and oxygen atoms in total. The quantitative estimate of drug-likeness (QED) is 0.837. The number of carbonyl (C=O) groups excluding carboxylic acids is 2. The summed E-state index contributed by atoms with van der Waals surface area (Å²) in [5.41, 5.74) is 2.20. The molecule has 0 radical (unpaired) electrons. The molecule has 134 valence electrons. The number of fused-ring (bicyclic) bond motifs is 1. The molecule has 0 saturated heterocycles. The van der Waals surface area contributed by atoms with Gasteiger partial charge in [-0.25, -0.2) is 0 Å². The molecule has 1 aliphatic carbocycles. The molecule has 0 N–H and O–H groups in total. The number of furan rings is 1. The highest BCUT2D eigenvalue weighted by Gasteiger charge is 2.32. The van der Waals surface area contributed by atoms with Gasteiger partial charge in [-0.15, -0.1) is 0 Å². The number of rotatable bonds is 5. The molecule has 0 aliphatic heterocycles. The fraction of sp³-hybridized carbons (Fsp3) is 0.526. The van der Waals surface area contributed by atoms with Crippen LogP contribution in [0.2, 0.25) is 0 Å². The van der Waals surface area contributed by atoms with E-state index in [1.54, 1.807) is 15.8 Å². The molecule has 2 aromatic rings. The van der Waals surface area contributed by atoms with Gasteiger partial charge in [0.05, 0.1) is 12.8 Å². The Labute approximate surface area is 147 Å². The average molecular weight is 343 g/mol. The van der Waals surface area contributed by atoms with Crippen LogP contribution in [0.1, 0.15) is 54.7 Å². The minimum Gasteiger partial charge on any atom is -0.467 e. The third kappa shape index (κ3) is 3.38. The van der Waals surface area contributed by atoms with Gasteiger partial charge < -0.3 is 9.32 Å². The van der Waals surface area contributed by atoms with E-state index in [4.69, 9.17) is 4.42 Å². The van der Waals surface area contributed by atoms with Crippen LogP contribution in [0.4, 0.5) is 0 Å². The van der Waals surface area contributed by atoms with Gasteiger partial charge in [-0.05, 0) is 31.4 Å². The van der Waals surface area contributed by atoms with Gasteiger partial charge in [-0.3, -0.25) is 14.3 Å². The fourth-order valence-corrected chi connectivity index (χ4v) is 3.28. The number of hydrogen-bond acceptors (Lipinski definition) is 4. The predicted octanol–water partition coefficient (Wildman–Crippen LogP) is 2.76. The van der Waals surface area contributed by atoms with Crippen molar-refractivity contribution in [3.63, 3.8) is 0 Å². The Morgan fingerprint density at radius 3 is 2.76 bits per heavy atom. The zero-order valence-corrected chi connectivity index (χ0v) is 15.3. The van der Waals surface area contributed by atoms with Gasteiger partial charge in [0.2, 0.25) is 0 Å². The van der Waals surface area contributed by atoms with E-state index < -0.39 is 0 Å². The molecule has 0 aromatic carbocycles. The number of hydrogen-bond donors (Lipinski definition) is 0. The van der Waals surface area contributed by atoms with Crippen molar-refractivity contribution in [3.8, 4) is 0 Å². The Bertz CT molecular complexity index is 774. The van der Waals surface area contributed by atoms with Crippen LogP contribution in [0.15, 0.2) is 22.8 Å². The minimum absolute atomic E-state index is 0.0227. The molecule has 0 bridgehead atoms. The molecule has 25 heavy (non-hydrogen) atoms. The Kier molecular flexibility index (Phi) is 4.79. The third-order valence-corrected chi connectivity index (χ3v) is 5.12. The number of carbonyl (C=O) groups is 2. The van der Waals surface area contributed by atoms with Crippen molar-refractivity contribution in [1.29, 1.82) is 0 Å². The van der Waals surface area contributed by atoms with E-state index in [0.717, 1.165) is 17.0 Å². The van der Waals surface area contributed by atoms with Crippen LogP contribution in [0.25, 0.3) is 0 Å². The Morgan fingerprint density at radius 2 is 2.12 bits per heavy atom. The zero-order valence-electron chi connectivity index (χ0n) is 15.3. The van der Waals surface area contributed by atoms with Crippen LogP contribution in [0.5, 0.6) is 0 Å². The molecule has 6 heteroatoms. The maximum absolute atomic E-state index is 13.3. The van der Waals surface area contributed by atoms with Gasteiger partial charge >= 0.3 is 0 Å². The van der Waals surface area contributed by atoms with Crippen LogP contribution in [-0.2, 0) is 31.2 Å². The number of aryl methyl sites for hydroxylation is 1. The first kappa shape index (κ1) is 17.5. The van der Waals surface area contributed by atoms with Crippen molar-refractivity contribution in [2.75, 3.05) is 0 Å².